The summed E-state index contributed by atoms with van der Waals surface area (Å²) in [6.07, 6.45) is 3.47. The Bertz CT molecular complexity index is 1510. The van der Waals surface area contributed by atoms with Crippen molar-refractivity contribution in [2.45, 2.75) is 0 Å². The van der Waals surface area contributed by atoms with E-state index in [9.17, 15) is 0 Å². The molecule has 0 aliphatic heterocycles. The van der Waals surface area contributed by atoms with Gasteiger partial charge in [0.25, 0.3) is 0 Å². The minimum Gasteiger partial charge on any atom is -0.416 e. The predicted molar refractivity (Wildman–Crippen MR) is 141 cm³/mol. The number of nitrogens with zero attached hydrogens (tertiary/aromatic N) is 5. The molecule has 172 valence electrons. The second-order valence-electron chi connectivity index (χ2n) is 8.11. The van der Waals surface area contributed by atoms with E-state index in [1.54, 1.807) is 12.4 Å². The summed E-state index contributed by atoms with van der Waals surface area (Å²) in [5.41, 5.74) is 6.40. The van der Waals surface area contributed by atoms with Crippen LogP contribution in [-0.4, -0.2) is 20.2 Å². The summed E-state index contributed by atoms with van der Waals surface area (Å²) in [6, 6.07) is 38.2. The number of benzene rings is 3. The molecule has 0 N–H and O–H groups in total. The molecular formula is C30H21N5O. The fourth-order valence-corrected chi connectivity index (χ4v) is 4.00. The molecule has 0 bridgehead atoms. The average Bonchev–Trinajstić information content (AvgIpc) is 3.46. The van der Waals surface area contributed by atoms with Gasteiger partial charge < -0.3 is 9.32 Å². The van der Waals surface area contributed by atoms with Gasteiger partial charge in [-0.25, -0.2) is 0 Å². The van der Waals surface area contributed by atoms with Crippen LogP contribution < -0.4 is 4.90 Å². The van der Waals surface area contributed by atoms with Crippen LogP contribution in [0.5, 0.6) is 0 Å². The van der Waals surface area contributed by atoms with Crippen molar-refractivity contribution in [3.8, 4) is 34.3 Å². The van der Waals surface area contributed by atoms with Crippen molar-refractivity contribution in [1.29, 1.82) is 0 Å². The summed E-state index contributed by atoms with van der Waals surface area (Å²) in [6.45, 7) is 0. The molecule has 36 heavy (non-hydrogen) atoms. The van der Waals surface area contributed by atoms with Gasteiger partial charge in [0.05, 0.1) is 17.0 Å². The summed E-state index contributed by atoms with van der Waals surface area (Å²) in [5.74, 6) is 0.876. The van der Waals surface area contributed by atoms with Crippen LogP contribution in [0.4, 0.5) is 17.1 Å². The second kappa shape index (κ2) is 9.64. The Morgan fingerprint density at radius 2 is 1.03 bits per heavy atom. The van der Waals surface area contributed by atoms with Gasteiger partial charge in [0.1, 0.15) is 0 Å². The zero-order valence-electron chi connectivity index (χ0n) is 19.3. The first-order chi connectivity index (χ1) is 17.8. The van der Waals surface area contributed by atoms with Gasteiger partial charge in [-0.2, -0.15) is 0 Å². The Kier molecular flexibility index (Phi) is 5.74. The van der Waals surface area contributed by atoms with Crippen LogP contribution in [0, 0.1) is 0 Å². The van der Waals surface area contributed by atoms with Crippen molar-refractivity contribution < 1.29 is 4.42 Å². The number of anilines is 3. The zero-order chi connectivity index (χ0) is 24.2. The summed E-state index contributed by atoms with van der Waals surface area (Å²) in [5, 5.41) is 8.50. The maximum atomic E-state index is 5.98. The molecule has 0 radical (unpaired) electrons. The number of hydrogen-bond donors (Lipinski definition) is 0. The molecule has 6 heteroatoms. The molecule has 0 aliphatic carbocycles. The van der Waals surface area contributed by atoms with E-state index in [4.69, 9.17) is 4.42 Å². The van der Waals surface area contributed by atoms with Crippen LogP contribution >= 0.6 is 0 Å². The predicted octanol–water partition coefficient (Wildman–Crippen LogP) is 7.33. The molecule has 6 aromatic rings. The molecule has 0 atom stereocenters. The Morgan fingerprint density at radius 3 is 1.61 bits per heavy atom. The first kappa shape index (κ1) is 21.4. The highest BCUT2D eigenvalue weighted by Crippen LogP contribution is 2.35. The lowest BCUT2D eigenvalue weighted by atomic mass is 10.1. The van der Waals surface area contributed by atoms with Crippen LogP contribution in [0.2, 0.25) is 0 Å². The molecule has 0 fully saturated rings. The van der Waals surface area contributed by atoms with Gasteiger partial charge in [0.2, 0.25) is 11.8 Å². The van der Waals surface area contributed by atoms with E-state index in [0.717, 1.165) is 39.6 Å². The Hall–Kier alpha value is -5.10. The third kappa shape index (κ3) is 4.35. The van der Waals surface area contributed by atoms with Gasteiger partial charge in [0, 0.05) is 35.0 Å². The molecular weight excluding hydrogens is 446 g/mol. The van der Waals surface area contributed by atoms with Crippen molar-refractivity contribution in [2.24, 2.45) is 0 Å². The second-order valence-corrected chi connectivity index (χ2v) is 8.11. The fraction of sp³-hybridized carbons (Fsp3) is 0. The van der Waals surface area contributed by atoms with Gasteiger partial charge in [-0.15, -0.1) is 10.2 Å². The number of para-hydroxylation sites is 2. The SMILES string of the molecule is c1ccc(N(c2ccccc2)c2ccc(-c3nnc(-c4ccc(-c5ccccn5)nc4)o3)cc2)cc1. The summed E-state index contributed by atoms with van der Waals surface area (Å²) >= 11 is 0. The molecule has 6 nitrogen and oxygen atoms in total. The van der Waals surface area contributed by atoms with E-state index >= 15 is 0 Å². The van der Waals surface area contributed by atoms with Gasteiger partial charge in [-0.05, 0) is 72.8 Å². The molecule has 3 aromatic heterocycles. The van der Waals surface area contributed by atoms with Crippen molar-refractivity contribution in [3.63, 3.8) is 0 Å². The Balaban J connectivity index is 1.26. The number of hydrogen-bond acceptors (Lipinski definition) is 6. The maximum Gasteiger partial charge on any atom is 0.249 e. The molecule has 0 saturated heterocycles. The average molecular weight is 468 g/mol. The van der Waals surface area contributed by atoms with Crippen molar-refractivity contribution >= 4 is 17.1 Å². The lowest BCUT2D eigenvalue weighted by molar-refractivity contribution is 0.584. The Morgan fingerprint density at radius 1 is 0.472 bits per heavy atom. The van der Waals surface area contributed by atoms with Gasteiger partial charge >= 0.3 is 0 Å². The molecule has 6 rings (SSSR count). The highest BCUT2D eigenvalue weighted by molar-refractivity contribution is 5.77. The zero-order valence-corrected chi connectivity index (χ0v) is 19.3. The highest BCUT2D eigenvalue weighted by Gasteiger charge is 2.15. The lowest BCUT2D eigenvalue weighted by Crippen LogP contribution is -2.09. The molecule has 0 amide bonds. The van der Waals surface area contributed by atoms with E-state index in [2.05, 4.69) is 61.5 Å². The molecule has 0 spiro atoms. The first-order valence-electron chi connectivity index (χ1n) is 11.6. The summed E-state index contributed by atoms with van der Waals surface area (Å²) in [4.78, 5) is 11.0. The molecule has 0 aliphatic rings. The number of aromatic nitrogens is 4. The first-order valence-corrected chi connectivity index (χ1v) is 11.6. The van der Waals surface area contributed by atoms with Gasteiger partial charge in [-0.1, -0.05) is 42.5 Å². The molecule has 3 heterocycles. The summed E-state index contributed by atoms with van der Waals surface area (Å²) in [7, 11) is 0. The van der Waals surface area contributed by atoms with E-state index in [1.807, 2.05) is 78.9 Å². The van der Waals surface area contributed by atoms with Crippen LogP contribution in [0.25, 0.3) is 34.3 Å². The van der Waals surface area contributed by atoms with E-state index in [-0.39, 0.29) is 0 Å². The lowest BCUT2D eigenvalue weighted by Gasteiger charge is -2.25. The minimum absolute atomic E-state index is 0.421. The van der Waals surface area contributed by atoms with E-state index in [1.165, 1.54) is 0 Å². The molecule has 0 unspecified atom stereocenters. The van der Waals surface area contributed by atoms with Crippen molar-refractivity contribution in [3.05, 3.63) is 128 Å². The number of rotatable bonds is 6. The van der Waals surface area contributed by atoms with Crippen LogP contribution in [0.15, 0.2) is 132 Å². The monoisotopic (exact) mass is 467 g/mol. The smallest absolute Gasteiger partial charge is 0.249 e. The Labute approximate surface area is 208 Å². The standard InChI is InChI=1S/C30H21N5O/c1-3-9-24(10-4-1)35(25-11-5-2-6-12-25)26-17-14-22(15-18-26)29-33-34-30(36-29)23-16-19-28(32-21-23)27-13-7-8-20-31-27/h1-21H. The third-order valence-corrected chi connectivity index (χ3v) is 5.76. The molecule has 3 aromatic carbocycles. The normalized spacial score (nSPS) is 10.8. The highest BCUT2D eigenvalue weighted by atomic mass is 16.4. The largest absolute Gasteiger partial charge is 0.416 e. The van der Waals surface area contributed by atoms with Gasteiger partial charge in [-0.3, -0.25) is 9.97 Å². The van der Waals surface area contributed by atoms with Crippen LogP contribution in [-0.2, 0) is 0 Å². The van der Waals surface area contributed by atoms with Crippen LogP contribution in [0.1, 0.15) is 0 Å². The summed E-state index contributed by atoms with van der Waals surface area (Å²) < 4.78 is 5.98. The van der Waals surface area contributed by atoms with Gasteiger partial charge in [0.15, 0.2) is 0 Å². The van der Waals surface area contributed by atoms with Crippen LogP contribution in [0.3, 0.4) is 0 Å². The minimum atomic E-state index is 0.421. The van der Waals surface area contributed by atoms with Crippen molar-refractivity contribution in [2.75, 3.05) is 4.90 Å². The maximum absolute atomic E-state index is 5.98. The molecule has 0 saturated carbocycles. The number of pyridine rings is 2. The van der Waals surface area contributed by atoms with E-state index < -0.39 is 0 Å². The third-order valence-electron chi connectivity index (χ3n) is 5.76. The fourth-order valence-electron chi connectivity index (χ4n) is 4.00. The van der Waals surface area contributed by atoms with E-state index in [0.29, 0.717) is 11.8 Å². The van der Waals surface area contributed by atoms with Crippen molar-refractivity contribution in [1.82, 2.24) is 20.2 Å². The topological polar surface area (TPSA) is 67.9 Å². The quantitative estimate of drug-likeness (QED) is 0.255.